The van der Waals surface area contributed by atoms with Crippen LogP contribution in [0.15, 0.2) is 79.4 Å². The molecule has 0 aliphatic carbocycles. The monoisotopic (exact) mass is 686 g/mol. The molecule has 0 N–H and O–H groups in total. The predicted molar refractivity (Wildman–Crippen MR) is 201 cm³/mol. The van der Waals surface area contributed by atoms with Crippen molar-refractivity contribution in [2.24, 2.45) is 0 Å². The van der Waals surface area contributed by atoms with Crippen molar-refractivity contribution < 1.29 is 33.3 Å². The second-order valence-electron chi connectivity index (χ2n) is 12.7. The van der Waals surface area contributed by atoms with Gasteiger partial charge in [-0.25, -0.2) is 9.59 Å². The molecule has 0 saturated heterocycles. The number of allylic oxidation sites excluding steroid dienone is 1. The summed E-state index contributed by atoms with van der Waals surface area (Å²) in [6.45, 7) is 10.0. The summed E-state index contributed by atoms with van der Waals surface area (Å²) in [6.07, 6.45) is 18.8. The Bertz CT molecular complexity index is 1380. The van der Waals surface area contributed by atoms with Gasteiger partial charge in [-0.1, -0.05) is 96.3 Å². The lowest BCUT2D eigenvalue weighted by Gasteiger charge is -2.14. The fourth-order valence-corrected chi connectivity index (χ4v) is 5.34. The first-order valence-corrected chi connectivity index (χ1v) is 18.8. The van der Waals surface area contributed by atoms with Crippen molar-refractivity contribution in [3.63, 3.8) is 0 Å². The van der Waals surface area contributed by atoms with Gasteiger partial charge in [-0.3, -0.25) is 0 Å². The second-order valence-corrected chi connectivity index (χ2v) is 12.7. The minimum atomic E-state index is -0.560. The molecule has 3 rings (SSSR count). The summed E-state index contributed by atoms with van der Waals surface area (Å²) < 4.78 is 29.1. The van der Waals surface area contributed by atoms with Crippen LogP contribution in [0, 0.1) is 0 Å². The Kier molecular flexibility index (Phi) is 19.9. The van der Waals surface area contributed by atoms with E-state index in [1.165, 1.54) is 51.0 Å². The molecule has 0 aliphatic rings. The first-order valence-electron chi connectivity index (χ1n) is 18.8. The first kappa shape index (κ1) is 40.2. The fraction of sp³-hybridized carbons (Fsp3) is 0.488. The van der Waals surface area contributed by atoms with Crippen molar-refractivity contribution in [1.82, 2.24) is 0 Å². The van der Waals surface area contributed by atoms with Gasteiger partial charge in [0.1, 0.15) is 35.2 Å². The predicted octanol–water partition coefficient (Wildman–Crippen LogP) is 11.5. The number of esters is 2. The number of hydrogen-bond donors (Lipinski definition) is 0. The van der Waals surface area contributed by atoms with E-state index < -0.39 is 11.9 Å². The molecule has 0 heterocycles. The number of benzene rings is 3. The van der Waals surface area contributed by atoms with Gasteiger partial charge in [0.2, 0.25) is 0 Å². The van der Waals surface area contributed by atoms with Crippen LogP contribution in [0.5, 0.6) is 23.0 Å². The van der Waals surface area contributed by atoms with E-state index in [1.807, 2.05) is 30.3 Å². The van der Waals surface area contributed by atoms with Crippen LogP contribution in [0.1, 0.15) is 136 Å². The molecule has 3 aromatic carbocycles. The van der Waals surface area contributed by atoms with Gasteiger partial charge in [0.15, 0.2) is 0 Å². The third kappa shape index (κ3) is 16.0. The van der Waals surface area contributed by atoms with Crippen LogP contribution in [0.25, 0.3) is 0 Å². The van der Waals surface area contributed by atoms with Crippen molar-refractivity contribution in [3.8, 4) is 23.0 Å². The zero-order valence-corrected chi connectivity index (χ0v) is 30.4. The van der Waals surface area contributed by atoms with Crippen molar-refractivity contribution in [1.29, 1.82) is 0 Å². The van der Waals surface area contributed by atoms with E-state index in [9.17, 15) is 9.59 Å². The molecule has 0 aliphatic heterocycles. The number of carbonyl (C=O) groups is 2. The van der Waals surface area contributed by atoms with E-state index in [0.29, 0.717) is 36.9 Å². The van der Waals surface area contributed by atoms with Gasteiger partial charge in [-0.2, -0.15) is 0 Å². The number of rotatable bonds is 27. The van der Waals surface area contributed by atoms with E-state index in [4.69, 9.17) is 23.7 Å². The Morgan fingerprint density at radius 3 is 1.70 bits per heavy atom. The minimum absolute atomic E-state index is 0.0760. The van der Waals surface area contributed by atoms with Crippen LogP contribution in [0.3, 0.4) is 0 Å². The molecule has 0 bridgehead atoms. The van der Waals surface area contributed by atoms with Crippen LogP contribution >= 0.6 is 0 Å². The highest BCUT2D eigenvalue weighted by atomic mass is 16.5. The van der Waals surface area contributed by atoms with E-state index in [2.05, 4.69) is 20.4 Å². The third-order valence-electron chi connectivity index (χ3n) is 8.36. The molecule has 0 atom stereocenters. The van der Waals surface area contributed by atoms with Gasteiger partial charge >= 0.3 is 11.9 Å². The highest BCUT2D eigenvalue weighted by Crippen LogP contribution is 2.27. The zero-order valence-electron chi connectivity index (χ0n) is 30.4. The maximum atomic E-state index is 13.4. The van der Waals surface area contributed by atoms with Gasteiger partial charge < -0.3 is 23.7 Å². The molecule has 0 fully saturated rings. The van der Waals surface area contributed by atoms with Crippen molar-refractivity contribution >= 4 is 11.9 Å². The minimum Gasteiger partial charge on any atom is -0.494 e. The summed E-state index contributed by atoms with van der Waals surface area (Å²) in [6, 6.07) is 19.2. The lowest BCUT2D eigenvalue weighted by molar-refractivity contribution is 0.0466. The SMILES string of the molecule is C=CCCCCOc1ccc(COC(=O)c2cc(OC(=O)c3ccc(OCCCCCCCC)cc3)ccc2OCCCCCCCC)cc1. The van der Waals surface area contributed by atoms with Gasteiger partial charge in [0.05, 0.1) is 25.4 Å². The van der Waals surface area contributed by atoms with Crippen LogP contribution in [0.2, 0.25) is 0 Å². The average molecular weight is 687 g/mol. The highest BCUT2D eigenvalue weighted by Gasteiger charge is 2.18. The lowest BCUT2D eigenvalue weighted by Crippen LogP contribution is -2.12. The van der Waals surface area contributed by atoms with Crippen molar-refractivity contribution in [2.45, 2.75) is 117 Å². The maximum absolute atomic E-state index is 13.4. The lowest BCUT2D eigenvalue weighted by atomic mass is 10.1. The molecule has 0 saturated carbocycles. The molecule has 272 valence electrons. The van der Waals surface area contributed by atoms with Gasteiger partial charge in [-0.15, -0.1) is 6.58 Å². The molecular weight excluding hydrogens is 628 g/mol. The highest BCUT2D eigenvalue weighted by molar-refractivity contribution is 5.94. The largest absolute Gasteiger partial charge is 0.494 e. The van der Waals surface area contributed by atoms with Crippen LogP contribution < -0.4 is 18.9 Å². The Labute approximate surface area is 300 Å². The first-order chi connectivity index (χ1) is 24.5. The summed E-state index contributed by atoms with van der Waals surface area (Å²) in [5, 5.41) is 0. The number of unbranched alkanes of at least 4 members (excludes halogenated alkanes) is 12. The Hall–Kier alpha value is -4.26. The van der Waals surface area contributed by atoms with Gasteiger partial charge in [0, 0.05) is 0 Å². The normalized spacial score (nSPS) is 10.8. The third-order valence-corrected chi connectivity index (χ3v) is 8.36. The number of carbonyl (C=O) groups excluding carboxylic acids is 2. The van der Waals surface area contributed by atoms with E-state index in [1.54, 1.807) is 36.4 Å². The van der Waals surface area contributed by atoms with E-state index in [0.717, 1.165) is 62.7 Å². The maximum Gasteiger partial charge on any atom is 0.343 e. The molecule has 7 heteroatoms. The van der Waals surface area contributed by atoms with Crippen LogP contribution in [-0.4, -0.2) is 31.8 Å². The molecule has 0 amide bonds. The molecule has 7 nitrogen and oxygen atoms in total. The number of hydrogen-bond acceptors (Lipinski definition) is 7. The number of ether oxygens (including phenoxy) is 5. The second kappa shape index (κ2) is 24.8. The summed E-state index contributed by atoms with van der Waals surface area (Å²) in [7, 11) is 0. The summed E-state index contributed by atoms with van der Waals surface area (Å²) in [4.78, 5) is 26.4. The topological polar surface area (TPSA) is 80.3 Å². The molecule has 3 aromatic rings. The Morgan fingerprint density at radius 1 is 0.580 bits per heavy atom. The van der Waals surface area contributed by atoms with Crippen LogP contribution in [0.4, 0.5) is 0 Å². The molecule has 0 spiro atoms. The average Bonchev–Trinajstić information content (AvgIpc) is 3.14. The molecule has 0 unspecified atom stereocenters. The molecule has 0 radical (unpaired) electrons. The molecular formula is C43H58O7. The fourth-order valence-electron chi connectivity index (χ4n) is 5.34. The molecule has 0 aromatic heterocycles. The van der Waals surface area contributed by atoms with E-state index >= 15 is 0 Å². The smallest absolute Gasteiger partial charge is 0.343 e. The van der Waals surface area contributed by atoms with Crippen molar-refractivity contribution in [3.05, 3.63) is 96.1 Å². The standard InChI is InChI=1S/C43H58O7/c1-4-7-10-13-15-18-31-47-38-26-22-36(23-27-38)42(44)50-39-28-29-41(48-32-19-16-14-11-8-5-2)40(33-39)43(45)49-34-35-20-24-37(25-21-35)46-30-17-12-9-6-3/h6,20-29,33H,3-5,7-19,30-32,34H2,1-2H3. The summed E-state index contributed by atoms with van der Waals surface area (Å²) in [5.41, 5.74) is 1.42. The van der Waals surface area contributed by atoms with Gasteiger partial charge in [-0.05, 0) is 92.3 Å². The Morgan fingerprint density at radius 2 is 1.10 bits per heavy atom. The quantitative estimate of drug-likeness (QED) is 0.0342. The van der Waals surface area contributed by atoms with Crippen molar-refractivity contribution in [2.75, 3.05) is 19.8 Å². The molecule has 50 heavy (non-hydrogen) atoms. The summed E-state index contributed by atoms with van der Waals surface area (Å²) in [5.74, 6) is 1.02. The zero-order chi connectivity index (χ0) is 35.7. The summed E-state index contributed by atoms with van der Waals surface area (Å²) >= 11 is 0. The van der Waals surface area contributed by atoms with E-state index in [-0.39, 0.29) is 17.9 Å². The Balaban J connectivity index is 1.58. The van der Waals surface area contributed by atoms with Crippen LogP contribution in [-0.2, 0) is 11.3 Å². The van der Waals surface area contributed by atoms with Gasteiger partial charge in [0.25, 0.3) is 0 Å².